The lowest BCUT2D eigenvalue weighted by molar-refractivity contribution is 0.459. The Morgan fingerprint density at radius 1 is 0.879 bits per heavy atom. The lowest BCUT2D eigenvalue weighted by atomic mass is 10.1. The van der Waals surface area contributed by atoms with Gasteiger partial charge in [-0.1, -0.05) is 6.07 Å². The Hall–Kier alpha value is -3.72. The van der Waals surface area contributed by atoms with Gasteiger partial charge in [-0.25, -0.2) is 18.4 Å². The molecule has 1 N–H and O–H groups in total. The molecule has 2 heterocycles. The zero-order valence-corrected chi connectivity index (χ0v) is 19.9. The first kappa shape index (κ1) is 22.5. The molecule has 0 aliphatic rings. The summed E-state index contributed by atoms with van der Waals surface area (Å²) in [4.78, 5) is 13.4. The van der Waals surface area contributed by atoms with Gasteiger partial charge in [0, 0.05) is 17.4 Å². The maximum atomic E-state index is 12.7. The molecule has 0 amide bonds. The molecule has 0 unspecified atom stereocenters. The summed E-state index contributed by atoms with van der Waals surface area (Å²) in [5.41, 5.74) is 4.30. The summed E-state index contributed by atoms with van der Waals surface area (Å²) >= 11 is 0. The highest BCUT2D eigenvalue weighted by molar-refractivity contribution is 7.92. The minimum atomic E-state index is -3.69. The van der Waals surface area contributed by atoms with Crippen LogP contribution in [0.15, 0.2) is 59.8 Å². The van der Waals surface area contributed by atoms with Crippen molar-refractivity contribution >= 4 is 15.7 Å². The first-order valence-corrected chi connectivity index (χ1v) is 11.9. The number of aryl methyl sites for hydroxylation is 4. The van der Waals surface area contributed by atoms with E-state index in [1.807, 2.05) is 32.3 Å². The van der Waals surface area contributed by atoms with Crippen molar-refractivity contribution in [1.29, 1.82) is 0 Å². The molecule has 8 nitrogen and oxygen atoms in total. The van der Waals surface area contributed by atoms with Crippen molar-refractivity contribution < 1.29 is 13.2 Å². The standard InChI is InChI=1S/C24H25N5O3S/c1-15-6-11-22(12-16(15)2)33(30,31)28-20-7-9-21(10-8-20)32-24-13-23(26-19(5)27-24)29-14-25-17(3)18(29)4/h6-14,28H,1-5H3. The lowest BCUT2D eigenvalue weighted by Crippen LogP contribution is -2.13. The molecule has 0 radical (unpaired) electrons. The average molecular weight is 464 g/mol. The molecule has 0 saturated carbocycles. The van der Waals surface area contributed by atoms with E-state index in [1.54, 1.807) is 61.8 Å². The van der Waals surface area contributed by atoms with Crippen LogP contribution < -0.4 is 9.46 Å². The maximum Gasteiger partial charge on any atom is 0.261 e. The molecule has 0 bridgehead atoms. The van der Waals surface area contributed by atoms with Gasteiger partial charge in [-0.2, -0.15) is 4.98 Å². The molecule has 33 heavy (non-hydrogen) atoms. The molecule has 0 fully saturated rings. The summed E-state index contributed by atoms with van der Waals surface area (Å²) in [5, 5.41) is 0. The highest BCUT2D eigenvalue weighted by Gasteiger charge is 2.15. The zero-order valence-electron chi connectivity index (χ0n) is 19.1. The number of hydrogen-bond acceptors (Lipinski definition) is 6. The zero-order chi connectivity index (χ0) is 23.8. The smallest absolute Gasteiger partial charge is 0.261 e. The van der Waals surface area contributed by atoms with Crippen molar-refractivity contribution in [2.45, 2.75) is 39.5 Å². The number of sulfonamides is 1. The van der Waals surface area contributed by atoms with Gasteiger partial charge in [0.2, 0.25) is 5.88 Å². The maximum absolute atomic E-state index is 12.7. The number of hydrogen-bond donors (Lipinski definition) is 1. The van der Waals surface area contributed by atoms with Crippen LogP contribution in [0.1, 0.15) is 28.3 Å². The van der Waals surface area contributed by atoms with E-state index in [1.165, 1.54) is 0 Å². The molecule has 4 rings (SSSR count). The Balaban J connectivity index is 1.52. The normalized spacial score (nSPS) is 11.4. The number of benzene rings is 2. The van der Waals surface area contributed by atoms with E-state index in [4.69, 9.17) is 4.74 Å². The minimum absolute atomic E-state index is 0.222. The van der Waals surface area contributed by atoms with Crippen LogP contribution in [0.25, 0.3) is 5.82 Å². The largest absolute Gasteiger partial charge is 0.439 e. The summed E-state index contributed by atoms with van der Waals surface area (Å²) in [6.45, 7) is 9.53. The van der Waals surface area contributed by atoms with Crippen molar-refractivity contribution in [3.05, 3.63) is 83.2 Å². The van der Waals surface area contributed by atoms with Crippen LogP contribution in [-0.2, 0) is 10.0 Å². The van der Waals surface area contributed by atoms with E-state index in [-0.39, 0.29) is 4.90 Å². The Kier molecular flexibility index (Phi) is 5.90. The van der Waals surface area contributed by atoms with E-state index in [0.717, 1.165) is 22.5 Å². The average Bonchev–Trinajstić information content (AvgIpc) is 3.09. The van der Waals surface area contributed by atoms with E-state index in [9.17, 15) is 8.42 Å². The molecule has 170 valence electrons. The van der Waals surface area contributed by atoms with Gasteiger partial charge in [0.05, 0.1) is 10.6 Å². The number of nitrogens with one attached hydrogen (secondary N) is 1. The van der Waals surface area contributed by atoms with Crippen LogP contribution in [0.2, 0.25) is 0 Å². The quantitative estimate of drug-likeness (QED) is 0.441. The summed E-state index contributed by atoms with van der Waals surface area (Å²) in [6, 6.07) is 13.4. The van der Waals surface area contributed by atoms with E-state index in [2.05, 4.69) is 19.7 Å². The SMILES string of the molecule is Cc1nc(Oc2ccc(NS(=O)(=O)c3ccc(C)c(C)c3)cc2)cc(-n2cnc(C)c2C)n1. The van der Waals surface area contributed by atoms with Gasteiger partial charge in [-0.3, -0.25) is 9.29 Å². The molecule has 2 aromatic heterocycles. The fraction of sp³-hybridized carbons (Fsp3) is 0.208. The van der Waals surface area contributed by atoms with Gasteiger partial charge < -0.3 is 4.74 Å². The topological polar surface area (TPSA) is 99.0 Å². The number of nitrogens with zero attached hydrogens (tertiary/aromatic N) is 4. The molecular formula is C24H25N5O3S. The first-order valence-electron chi connectivity index (χ1n) is 10.4. The van der Waals surface area contributed by atoms with E-state index < -0.39 is 10.0 Å². The summed E-state index contributed by atoms with van der Waals surface area (Å²) in [7, 11) is -3.69. The van der Waals surface area contributed by atoms with Crippen molar-refractivity contribution in [3.63, 3.8) is 0 Å². The van der Waals surface area contributed by atoms with Gasteiger partial charge in [0.25, 0.3) is 10.0 Å². The highest BCUT2D eigenvalue weighted by atomic mass is 32.2. The Bertz CT molecular complexity index is 1430. The fourth-order valence-corrected chi connectivity index (χ4v) is 4.38. The highest BCUT2D eigenvalue weighted by Crippen LogP contribution is 2.25. The molecule has 0 saturated heterocycles. The molecule has 0 aliphatic carbocycles. The fourth-order valence-electron chi connectivity index (χ4n) is 3.24. The molecular weight excluding hydrogens is 438 g/mol. The number of ether oxygens (including phenoxy) is 1. The van der Waals surface area contributed by atoms with E-state index in [0.29, 0.717) is 29.0 Å². The number of rotatable bonds is 6. The minimum Gasteiger partial charge on any atom is -0.439 e. The second kappa shape index (κ2) is 8.67. The third-order valence-corrected chi connectivity index (χ3v) is 6.80. The number of imidazole rings is 1. The molecule has 0 atom stereocenters. The van der Waals surface area contributed by atoms with Gasteiger partial charge >= 0.3 is 0 Å². The second-order valence-electron chi connectivity index (χ2n) is 7.87. The van der Waals surface area contributed by atoms with Crippen molar-refractivity contribution in [3.8, 4) is 17.4 Å². The van der Waals surface area contributed by atoms with Gasteiger partial charge in [-0.05, 0) is 82.1 Å². The monoisotopic (exact) mass is 463 g/mol. The number of aromatic nitrogens is 4. The third-order valence-electron chi connectivity index (χ3n) is 5.42. The second-order valence-corrected chi connectivity index (χ2v) is 9.56. The lowest BCUT2D eigenvalue weighted by Gasteiger charge is -2.11. The van der Waals surface area contributed by atoms with Gasteiger partial charge in [0.15, 0.2) is 0 Å². The predicted octanol–water partition coefficient (Wildman–Crippen LogP) is 4.80. The van der Waals surface area contributed by atoms with Crippen molar-refractivity contribution in [2.24, 2.45) is 0 Å². The predicted molar refractivity (Wildman–Crippen MR) is 127 cm³/mol. The molecule has 4 aromatic rings. The number of anilines is 1. The van der Waals surface area contributed by atoms with Crippen LogP contribution in [0.4, 0.5) is 5.69 Å². The Morgan fingerprint density at radius 2 is 1.61 bits per heavy atom. The van der Waals surface area contributed by atoms with Crippen molar-refractivity contribution in [1.82, 2.24) is 19.5 Å². The van der Waals surface area contributed by atoms with Crippen LogP contribution >= 0.6 is 0 Å². The molecule has 2 aromatic carbocycles. The van der Waals surface area contributed by atoms with Crippen LogP contribution in [-0.4, -0.2) is 27.9 Å². The third kappa shape index (κ3) is 4.88. The molecule has 0 spiro atoms. The van der Waals surface area contributed by atoms with Crippen LogP contribution in [0.3, 0.4) is 0 Å². The first-order chi connectivity index (χ1) is 15.6. The summed E-state index contributed by atoms with van der Waals surface area (Å²) < 4.78 is 35.8. The van der Waals surface area contributed by atoms with Crippen LogP contribution in [0, 0.1) is 34.6 Å². The Morgan fingerprint density at radius 3 is 2.24 bits per heavy atom. The molecule has 0 aliphatic heterocycles. The van der Waals surface area contributed by atoms with Gasteiger partial charge in [-0.15, -0.1) is 0 Å². The summed E-state index contributed by atoms with van der Waals surface area (Å²) in [5.74, 6) is 2.12. The van der Waals surface area contributed by atoms with E-state index >= 15 is 0 Å². The summed E-state index contributed by atoms with van der Waals surface area (Å²) in [6.07, 6.45) is 1.71. The van der Waals surface area contributed by atoms with Crippen LogP contribution in [0.5, 0.6) is 11.6 Å². The molecule has 9 heteroatoms. The van der Waals surface area contributed by atoms with Crippen molar-refractivity contribution in [2.75, 3.05) is 4.72 Å². The van der Waals surface area contributed by atoms with Gasteiger partial charge in [0.1, 0.15) is 23.7 Å². The Labute approximate surface area is 193 Å².